The van der Waals surface area contributed by atoms with Crippen LogP contribution in [0.2, 0.25) is 0 Å². The molecule has 0 spiro atoms. The van der Waals surface area contributed by atoms with E-state index in [1.54, 1.807) is 0 Å². The largest absolute Gasteiger partial charge is 0.335 e. The minimum absolute atomic E-state index is 0.172. The van der Waals surface area contributed by atoms with E-state index in [1.807, 2.05) is 50.5 Å². The molecule has 162 valence electrons. The van der Waals surface area contributed by atoms with Gasteiger partial charge in [-0.2, -0.15) is 0 Å². The Morgan fingerprint density at radius 1 is 0.844 bits per heavy atom. The van der Waals surface area contributed by atoms with Gasteiger partial charge in [0, 0.05) is 17.1 Å². The van der Waals surface area contributed by atoms with E-state index in [4.69, 9.17) is 0 Å². The molecule has 4 rings (SSSR count). The highest BCUT2D eigenvalue weighted by Crippen LogP contribution is 2.27. The molecule has 32 heavy (non-hydrogen) atoms. The summed E-state index contributed by atoms with van der Waals surface area (Å²) < 4.78 is 15.3. The summed E-state index contributed by atoms with van der Waals surface area (Å²) in [6, 6.07) is 12.1. The Labute approximate surface area is 185 Å². The van der Waals surface area contributed by atoms with Crippen LogP contribution in [-0.2, 0) is 9.59 Å². The van der Waals surface area contributed by atoms with Gasteiger partial charge in [-0.1, -0.05) is 6.07 Å². The van der Waals surface area contributed by atoms with Gasteiger partial charge in [0.05, 0.1) is 5.69 Å². The predicted molar refractivity (Wildman–Crippen MR) is 120 cm³/mol. The molecular weight excluding hydrogens is 409 g/mol. The van der Waals surface area contributed by atoms with E-state index in [-0.39, 0.29) is 11.3 Å². The van der Waals surface area contributed by atoms with Crippen molar-refractivity contribution >= 4 is 29.6 Å². The number of anilines is 1. The molecule has 1 saturated heterocycles. The number of imide groups is 2. The Kier molecular flexibility index (Phi) is 5.26. The smallest absolute Gasteiger partial charge is 0.318 e. The fourth-order valence-electron chi connectivity index (χ4n) is 3.83. The normalized spacial score (nSPS) is 15.5. The number of nitrogens with one attached hydrogen (secondary N) is 1. The Bertz CT molecular complexity index is 1300. The summed E-state index contributed by atoms with van der Waals surface area (Å²) in [7, 11) is 0. The number of urea groups is 1. The first-order chi connectivity index (χ1) is 15.2. The molecule has 0 unspecified atom stereocenters. The molecule has 0 atom stereocenters. The molecule has 4 amide bonds. The van der Waals surface area contributed by atoms with Gasteiger partial charge in [0.2, 0.25) is 0 Å². The lowest BCUT2D eigenvalue weighted by Crippen LogP contribution is -2.54. The number of barbiturate groups is 1. The number of amides is 4. The van der Waals surface area contributed by atoms with Gasteiger partial charge < -0.3 is 4.57 Å². The van der Waals surface area contributed by atoms with Crippen molar-refractivity contribution in [2.75, 3.05) is 4.90 Å². The van der Waals surface area contributed by atoms with E-state index >= 15 is 0 Å². The molecular formula is C25H22FN3O3. The van der Waals surface area contributed by atoms with E-state index in [0.29, 0.717) is 5.56 Å². The second-order valence-corrected chi connectivity index (χ2v) is 7.86. The summed E-state index contributed by atoms with van der Waals surface area (Å²) in [5.41, 5.74) is 5.81. The maximum Gasteiger partial charge on any atom is 0.335 e. The van der Waals surface area contributed by atoms with E-state index in [9.17, 15) is 18.8 Å². The predicted octanol–water partition coefficient (Wildman–Crippen LogP) is 4.52. The number of carbonyl (C=O) groups is 3. The fourth-order valence-corrected chi connectivity index (χ4v) is 3.83. The molecule has 0 radical (unpaired) electrons. The van der Waals surface area contributed by atoms with Gasteiger partial charge in [-0.05, 0) is 92.9 Å². The average Bonchev–Trinajstić information content (AvgIpc) is 3.01. The molecule has 1 fully saturated rings. The molecule has 0 bridgehead atoms. The number of benzene rings is 2. The standard InChI is InChI=1S/C25H22FN3O3/c1-14-5-8-21(11-15(14)2)28-16(3)12-18(17(28)4)13-22-23(30)27-25(32)29(24(22)31)20-9-6-19(26)7-10-20/h5-13H,1-4H3,(H,27,30,32)/b22-13+. The lowest BCUT2D eigenvalue weighted by molar-refractivity contribution is -0.122. The molecule has 3 aromatic rings. The zero-order chi connectivity index (χ0) is 23.2. The van der Waals surface area contributed by atoms with Crippen molar-refractivity contribution in [1.29, 1.82) is 0 Å². The Balaban J connectivity index is 1.76. The topological polar surface area (TPSA) is 71.4 Å². The van der Waals surface area contributed by atoms with Crippen molar-refractivity contribution < 1.29 is 18.8 Å². The number of hydrogen-bond donors (Lipinski definition) is 1. The molecule has 1 aromatic heterocycles. The summed E-state index contributed by atoms with van der Waals surface area (Å²) >= 11 is 0. The maximum atomic E-state index is 13.3. The third-order valence-corrected chi connectivity index (χ3v) is 5.71. The lowest BCUT2D eigenvalue weighted by atomic mass is 10.1. The number of rotatable bonds is 3. The number of nitrogens with zero attached hydrogens (tertiary/aromatic N) is 2. The molecule has 1 N–H and O–H groups in total. The van der Waals surface area contributed by atoms with Crippen molar-refractivity contribution in [3.8, 4) is 5.69 Å². The second kappa shape index (κ2) is 7.92. The molecule has 1 aliphatic heterocycles. The third-order valence-electron chi connectivity index (χ3n) is 5.71. The van der Waals surface area contributed by atoms with Crippen LogP contribution in [0.4, 0.5) is 14.9 Å². The van der Waals surface area contributed by atoms with Crippen LogP contribution < -0.4 is 10.2 Å². The molecule has 7 heteroatoms. The third kappa shape index (κ3) is 3.62. The Morgan fingerprint density at radius 3 is 2.16 bits per heavy atom. The van der Waals surface area contributed by atoms with E-state index < -0.39 is 23.7 Å². The number of aryl methyl sites for hydroxylation is 3. The lowest BCUT2D eigenvalue weighted by Gasteiger charge is -2.26. The van der Waals surface area contributed by atoms with Crippen molar-refractivity contribution in [3.05, 3.63) is 88.0 Å². The highest BCUT2D eigenvalue weighted by atomic mass is 19.1. The highest BCUT2D eigenvalue weighted by molar-refractivity contribution is 6.39. The van der Waals surface area contributed by atoms with Crippen LogP contribution in [0, 0.1) is 33.5 Å². The molecule has 0 saturated carbocycles. The van der Waals surface area contributed by atoms with Crippen molar-refractivity contribution in [3.63, 3.8) is 0 Å². The Morgan fingerprint density at radius 2 is 1.50 bits per heavy atom. The van der Waals surface area contributed by atoms with Gasteiger partial charge in [0.15, 0.2) is 0 Å². The average molecular weight is 431 g/mol. The van der Waals surface area contributed by atoms with Gasteiger partial charge in [-0.3, -0.25) is 14.9 Å². The van der Waals surface area contributed by atoms with Crippen LogP contribution >= 0.6 is 0 Å². The van der Waals surface area contributed by atoms with Crippen LogP contribution in [0.3, 0.4) is 0 Å². The first kappa shape index (κ1) is 21.2. The number of carbonyl (C=O) groups excluding carboxylic acids is 3. The summed E-state index contributed by atoms with van der Waals surface area (Å²) in [6.07, 6.45) is 1.49. The van der Waals surface area contributed by atoms with Gasteiger partial charge >= 0.3 is 6.03 Å². The molecule has 0 aliphatic carbocycles. The summed E-state index contributed by atoms with van der Waals surface area (Å²) in [4.78, 5) is 38.7. The van der Waals surface area contributed by atoms with Gasteiger partial charge in [-0.25, -0.2) is 14.1 Å². The molecule has 1 aliphatic rings. The van der Waals surface area contributed by atoms with Crippen LogP contribution in [0.1, 0.15) is 28.1 Å². The first-order valence-electron chi connectivity index (χ1n) is 10.1. The van der Waals surface area contributed by atoms with Gasteiger partial charge in [0.25, 0.3) is 11.8 Å². The number of hydrogen-bond acceptors (Lipinski definition) is 3. The van der Waals surface area contributed by atoms with Crippen LogP contribution in [0.15, 0.2) is 54.1 Å². The highest BCUT2D eigenvalue weighted by Gasteiger charge is 2.37. The monoisotopic (exact) mass is 431 g/mol. The minimum atomic E-state index is -0.871. The van der Waals surface area contributed by atoms with Crippen LogP contribution in [0.25, 0.3) is 11.8 Å². The molecule has 2 heterocycles. The van der Waals surface area contributed by atoms with Crippen LogP contribution in [-0.4, -0.2) is 22.4 Å². The number of aromatic nitrogens is 1. The quantitative estimate of drug-likeness (QED) is 0.490. The van der Waals surface area contributed by atoms with Crippen molar-refractivity contribution in [2.45, 2.75) is 27.7 Å². The van der Waals surface area contributed by atoms with Gasteiger partial charge in [-0.15, -0.1) is 0 Å². The maximum absolute atomic E-state index is 13.3. The Hall–Kier alpha value is -4.00. The molecule has 2 aromatic carbocycles. The van der Waals surface area contributed by atoms with Crippen molar-refractivity contribution in [2.24, 2.45) is 0 Å². The second-order valence-electron chi connectivity index (χ2n) is 7.86. The summed E-state index contributed by atoms with van der Waals surface area (Å²) in [6.45, 7) is 7.94. The SMILES string of the molecule is Cc1ccc(-n2c(C)cc(/C=C3\C(=O)NC(=O)N(c4ccc(F)cc4)C3=O)c2C)cc1C. The first-order valence-corrected chi connectivity index (χ1v) is 10.1. The van der Waals surface area contributed by atoms with E-state index in [0.717, 1.165) is 39.7 Å². The van der Waals surface area contributed by atoms with Crippen LogP contribution in [0.5, 0.6) is 0 Å². The summed E-state index contributed by atoms with van der Waals surface area (Å²) in [5.74, 6) is -2.03. The van der Waals surface area contributed by atoms with E-state index in [1.165, 1.54) is 23.8 Å². The zero-order valence-corrected chi connectivity index (χ0v) is 18.2. The number of halogens is 1. The fraction of sp³-hybridized carbons (Fsp3) is 0.160. The summed E-state index contributed by atoms with van der Waals surface area (Å²) in [5, 5.41) is 2.19. The zero-order valence-electron chi connectivity index (χ0n) is 18.2. The van der Waals surface area contributed by atoms with Crippen molar-refractivity contribution in [1.82, 2.24) is 9.88 Å². The van der Waals surface area contributed by atoms with E-state index in [2.05, 4.69) is 11.4 Å². The molecule has 6 nitrogen and oxygen atoms in total. The van der Waals surface area contributed by atoms with Gasteiger partial charge in [0.1, 0.15) is 11.4 Å². The minimum Gasteiger partial charge on any atom is -0.318 e.